The summed E-state index contributed by atoms with van der Waals surface area (Å²) >= 11 is 0. The first kappa shape index (κ1) is 35.9. The van der Waals surface area contributed by atoms with Crippen LogP contribution in [0.3, 0.4) is 0 Å². The van der Waals surface area contributed by atoms with Crippen LogP contribution < -0.4 is 21.9 Å². The van der Waals surface area contributed by atoms with Crippen molar-refractivity contribution in [3.8, 4) is 33.6 Å². The molecule has 0 aliphatic carbocycles. The van der Waals surface area contributed by atoms with Crippen molar-refractivity contribution in [3.63, 3.8) is 0 Å². The van der Waals surface area contributed by atoms with Crippen molar-refractivity contribution in [1.29, 1.82) is 0 Å². The number of aromatic nitrogens is 4. The molecule has 0 radical (unpaired) electrons. The van der Waals surface area contributed by atoms with Crippen molar-refractivity contribution in [2.24, 2.45) is 0 Å². The van der Waals surface area contributed by atoms with Gasteiger partial charge in [-0.2, -0.15) is 0 Å². The molecule has 0 fully saturated rings. The van der Waals surface area contributed by atoms with E-state index < -0.39 is 0 Å². The number of rotatable bonds is 0. The predicted octanol–water partition coefficient (Wildman–Crippen LogP) is 13.3. The van der Waals surface area contributed by atoms with E-state index in [-0.39, 0.29) is 13.7 Å². The summed E-state index contributed by atoms with van der Waals surface area (Å²) in [6, 6.07) is 63.9. The van der Waals surface area contributed by atoms with Crippen LogP contribution in [-0.4, -0.2) is 31.8 Å². The molecule has 6 aromatic heterocycles. The van der Waals surface area contributed by atoms with Crippen LogP contribution in [0.25, 0.3) is 154 Å². The standard InChI is InChI=1S/C64H34B2N4O2/c1-31-25-27-47-55-51(31)37-17-11-19-39-57(37)69(65(55)43-29-41-33-13-5-9-23-49(33)71-63(41)53-35-15-3-7-21-45(35)67(47)61(43)53)60-40-20-12-18-38-52-32(2)26-28-48-56(52)66(70(58(38)40)59(39)60)44-30-42-34-14-6-10-24-50(34)72-64(42)54-36-16-4-8-22-46(36)68(48)62(44)54/h3-30H,1-2H3. The molecule has 0 bridgehead atoms. The third-order valence-electron chi connectivity index (χ3n) is 17.9. The van der Waals surface area contributed by atoms with E-state index in [0.29, 0.717) is 0 Å². The summed E-state index contributed by atoms with van der Waals surface area (Å²) in [5.41, 5.74) is 29.5. The minimum Gasteiger partial charge on any atom is -0.455 e. The van der Waals surface area contributed by atoms with Crippen molar-refractivity contribution in [2.45, 2.75) is 13.8 Å². The fourth-order valence-electron chi connectivity index (χ4n) is 15.5. The molecule has 6 nitrogen and oxygen atoms in total. The highest BCUT2D eigenvalue weighted by Crippen LogP contribution is 2.52. The van der Waals surface area contributed by atoms with Crippen molar-refractivity contribution in [1.82, 2.24) is 18.1 Å². The summed E-state index contributed by atoms with van der Waals surface area (Å²) in [7, 11) is 0. The highest BCUT2D eigenvalue weighted by Gasteiger charge is 2.47. The maximum atomic E-state index is 6.95. The van der Waals surface area contributed by atoms with Crippen molar-refractivity contribution >= 4 is 156 Å². The van der Waals surface area contributed by atoms with Crippen LogP contribution in [0.4, 0.5) is 0 Å². The number of nitrogens with zero attached hydrogens (tertiary/aromatic N) is 4. The average Bonchev–Trinajstić information content (AvgIpc) is 4.28. The van der Waals surface area contributed by atoms with Gasteiger partial charge in [0.1, 0.15) is 22.3 Å². The highest BCUT2D eigenvalue weighted by atomic mass is 16.3. The lowest BCUT2D eigenvalue weighted by molar-refractivity contribution is 0.672. The lowest BCUT2D eigenvalue weighted by atomic mass is 9.45. The van der Waals surface area contributed by atoms with Gasteiger partial charge in [-0.15, -0.1) is 0 Å². The number of fused-ring (bicyclic) bond motifs is 27. The second kappa shape index (κ2) is 11.6. The van der Waals surface area contributed by atoms with Crippen LogP contribution >= 0.6 is 0 Å². The Morgan fingerprint density at radius 3 is 1.25 bits per heavy atom. The normalized spacial score (nSPS) is 13.9. The average molecular weight is 913 g/mol. The van der Waals surface area contributed by atoms with Crippen molar-refractivity contribution in [2.75, 3.05) is 0 Å². The van der Waals surface area contributed by atoms with Crippen LogP contribution in [0.5, 0.6) is 0 Å². The van der Waals surface area contributed by atoms with Gasteiger partial charge in [-0.05, 0) is 94.4 Å². The number of hydrogen-bond donors (Lipinski definition) is 0. The van der Waals surface area contributed by atoms with E-state index in [1.807, 2.05) is 0 Å². The molecule has 0 unspecified atom stereocenters. The number of benzene rings is 10. The molecule has 10 aromatic carbocycles. The van der Waals surface area contributed by atoms with E-state index in [1.54, 1.807) is 0 Å². The molecule has 0 N–H and O–H groups in total. The minimum absolute atomic E-state index is 0.125. The SMILES string of the molecule is Cc1ccc2c3c1-c1cccc4c1n(c1c5cccc6c5n(c41)B1c4c(ccc(C)c4-6)-n4c5ccccc5c5c6oc7ccccc7c6cc1c54)B3c1cc3c4ccccc4oc3c3c4ccccc4n-2c13. The first-order chi connectivity index (χ1) is 35.6. The zero-order valence-corrected chi connectivity index (χ0v) is 38.9. The van der Waals surface area contributed by atoms with Crippen LogP contribution in [-0.2, 0) is 0 Å². The lowest BCUT2D eigenvalue weighted by Crippen LogP contribution is -2.55. The summed E-state index contributed by atoms with van der Waals surface area (Å²) in [5, 5.41) is 12.0. The van der Waals surface area contributed by atoms with Gasteiger partial charge in [-0.25, -0.2) is 0 Å². The van der Waals surface area contributed by atoms with Crippen LogP contribution in [0.15, 0.2) is 179 Å². The molecule has 8 heteroatoms. The summed E-state index contributed by atoms with van der Waals surface area (Å²) < 4.78 is 24.6. The molecule has 16 aromatic rings. The Hall–Kier alpha value is -9.13. The summed E-state index contributed by atoms with van der Waals surface area (Å²) in [6.45, 7) is 4.39. The Bertz CT molecular complexity index is 5060. The smallest absolute Gasteiger partial charge is 0.333 e. The zero-order chi connectivity index (χ0) is 46.3. The molecule has 0 atom stereocenters. The van der Waals surface area contributed by atoms with Crippen LogP contribution in [0, 0.1) is 13.8 Å². The van der Waals surface area contributed by atoms with E-state index in [0.717, 1.165) is 43.9 Å². The zero-order valence-electron chi connectivity index (χ0n) is 38.9. The maximum absolute atomic E-state index is 6.95. The summed E-state index contributed by atoms with van der Waals surface area (Å²) in [5.74, 6) is 0. The van der Waals surface area contributed by atoms with E-state index in [9.17, 15) is 0 Å². The van der Waals surface area contributed by atoms with Crippen molar-refractivity contribution < 1.29 is 8.83 Å². The molecule has 0 amide bonds. The largest absolute Gasteiger partial charge is 0.455 e. The fraction of sp³-hybridized carbons (Fsp3) is 0.0312. The van der Waals surface area contributed by atoms with E-state index in [2.05, 4.69) is 202 Å². The predicted molar refractivity (Wildman–Crippen MR) is 299 cm³/mol. The van der Waals surface area contributed by atoms with E-state index in [1.165, 1.54) is 143 Å². The second-order valence-corrected chi connectivity index (χ2v) is 21.1. The quantitative estimate of drug-likeness (QED) is 0.142. The van der Waals surface area contributed by atoms with Crippen LogP contribution in [0.2, 0.25) is 0 Å². The molecule has 72 heavy (non-hydrogen) atoms. The Morgan fingerprint density at radius 2 is 0.778 bits per heavy atom. The molecular formula is C64H34B2N4O2. The van der Waals surface area contributed by atoms with E-state index >= 15 is 0 Å². The molecule has 20 rings (SSSR count). The monoisotopic (exact) mass is 912 g/mol. The van der Waals surface area contributed by atoms with Gasteiger partial charge >= 0.3 is 13.7 Å². The topological polar surface area (TPSA) is 46.0 Å². The number of aryl methyl sites for hydroxylation is 2. The van der Waals surface area contributed by atoms with Crippen LogP contribution in [0.1, 0.15) is 11.1 Å². The van der Waals surface area contributed by atoms with Gasteiger partial charge in [-0.3, -0.25) is 0 Å². The number of hydrogen-bond acceptors (Lipinski definition) is 2. The van der Waals surface area contributed by atoms with Gasteiger partial charge in [-0.1, -0.05) is 133 Å². The minimum atomic E-state index is -0.125. The first-order valence-electron chi connectivity index (χ1n) is 25.2. The fourth-order valence-corrected chi connectivity index (χ4v) is 15.5. The van der Waals surface area contributed by atoms with Gasteiger partial charge in [0.25, 0.3) is 0 Å². The Morgan fingerprint density at radius 1 is 0.361 bits per heavy atom. The third-order valence-corrected chi connectivity index (χ3v) is 17.9. The van der Waals surface area contributed by atoms with Gasteiger partial charge in [0.15, 0.2) is 0 Å². The Kier molecular flexibility index (Phi) is 5.76. The molecule has 0 saturated heterocycles. The van der Waals surface area contributed by atoms with Gasteiger partial charge < -0.3 is 26.9 Å². The molecule has 328 valence electrons. The summed E-state index contributed by atoms with van der Waals surface area (Å²) in [4.78, 5) is 0. The second-order valence-electron chi connectivity index (χ2n) is 21.1. The maximum Gasteiger partial charge on any atom is 0.333 e. The Balaban J connectivity index is 1.01. The number of para-hydroxylation sites is 6. The number of furan rings is 2. The van der Waals surface area contributed by atoms with E-state index in [4.69, 9.17) is 8.83 Å². The third kappa shape index (κ3) is 3.64. The molecule has 0 saturated carbocycles. The molecule has 4 aliphatic rings. The van der Waals surface area contributed by atoms with Gasteiger partial charge in [0, 0.05) is 76.6 Å². The van der Waals surface area contributed by atoms with Gasteiger partial charge in [0.2, 0.25) is 0 Å². The van der Waals surface area contributed by atoms with Crippen molar-refractivity contribution in [3.05, 3.63) is 181 Å². The molecule has 4 aliphatic heterocycles. The molecule has 10 heterocycles. The highest BCUT2D eigenvalue weighted by molar-refractivity contribution is 6.92. The first-order valence-corrected chi connectivity index (χ1v) is 25.2. The Labute approximate surface area is 409 Å². The summed E-state index contributed by atoms with van der Waals surface area (Å²) in [6.07, 6.45) is 0. The lowest BCUT2D eigenvalue weighted by Gasteiger charge is -2.35. The molecule has 0 spiro atoms. The molecular weight excluding hydrogens is 878 g/mol. The van der Waals surface area contributed by atoms with Gasteiger partial charge in [0.05, 0.1) is 43.9 Å².